The molecule has 1 aliphatic rings. The van der Waals surface area contributed by atoms with Crippen LogP contribution in [0.3, 0.4) is 0 Å². The highest BCUT2D eigenvalue weighted by Crippen LogP contribution is 2.29. The molecule has 0 unspecified atom stereocenters. The zero-order valence-corrected chi connectivity index (χ0v) is 5.59. The molecular weight excluding hydrogens is 146 g/mol. The van der Waals surface area contributed by atoms with Crippen molar-refractivity contribution < 1.29 is 5.11 Å². The van der Waals surface area contributed by atoms with Crippen LogP contribution in [0, 0.1) is 0 Å². The molecule has 0 radical (unpaired) electrons. The van der Waals surface area contributed by atoms with Gasteiger partial charge in [0, 0.05) is 5.88 Å². The third kappa shape index (κ3) is 0.794. The summed E-state index contributed by atoms with van der Waals surface area (Å²) in [5, 5.41) is 16.6. The van der Waals surface area contributed by atoms with E-state index in [1.165, 1.54) is 0 Å². The number of fused-ring (bicyclic) bond motifs is 1. The van der Waals surface area contributed by atoms with Crippen molar-refractivity contribution >= 4 is 17.5 Å². The maximum atomic E-state index is 11.0. The lowest BCUT2D eigenvalue weighted by molar-refractivity contribution is -0.273. The Morgan fingerprint density at radius 3 is 3.00 bits per heavy atom. The Hall–Kier alpha value is -1.72. The first-order valence-electron chi connectivity index (χ1n) is 3.09. The highest BCUT2D eigenvalue weighted by atomic mass is 16.3. The first-order chi connectivity index (χ1) is 5.27. The monoisotopic (exact) mass is 152 g/mol. The lowest BCUT2D eigenvalue weighted by Crippen LogP contribution is -2.03. The summed E-state index contributed by atoms with van der Waals surface area (Å²) in [6, 6.07) is 0. The van der Waals surface area contributed by atoms with E-state index in [-0.39, 0.29) is 11.8 Å². The van der Waals surface area contributed by atoms with Crippen LogP contribution in [-0.2, 0) is 0 Å². The summed E-state index contributed by atoms with van der Waals surface area (Å²) >= 11 is 0. The topological polar surface area (TPSA) is 98.9 Å². The molecule has 0 amide bonds. The van der Waals surface area contributed by atoms with Gasteiger partial charge < -0.3 is 21.5 Å². The summed E-state index contributed by atoms with van der Waals surface area (Å²) in [5.74, 6) is 0.130. The second kappa shape index (κ2) is 1.88. The summed E-state index contributed by atoms with van der Waals surface area (Å²) < 4.78 is 0. The van der Waals surface area contributed by atoms with E-state index < -0.39 is 0 Å². The number of nitrogens with zero attached hydrogens (tertiary/aromatic N) is 2. The smallest absolute Gasteiger partial charge is 0.221 e. The average molecular weight is 152 g/mol. The lowest BCUT2D eigenvalue weighted by Gasteiger charge is -2.09. The van der Waals surface area contributed by atoms with Crippen LogP contribution < -0.4 is 21.5 Å². The van der Waals surface area contributed by atoms with Crippen molar-refractivity contribution in [1.82, 2.24) is 9.97 Å². The standard InChI is InChI=1S/C5H7N5O/c6-5-9-3-2(4(11)10-5)7-1-8-3/h7H,1H2,(H4,6,8,9,10,11)/p-1. The molecule has 0 saturated carbocycles. The van der Waals surface area contributed by atoms with Crippen LogP contribution >= 0.6 is 0 Å². The molecule has 0 bridgehead atoms. The highest BCUT2D eigenvalue weighted by Gasteiger charge is 2.11. The fraction of sp³-hybridized carbons (Fsp3) is 0.200. The molecule has 0 aromatic carbocycles. The summed E-state index contributed by atoms with van der Waals surface area (Å²) in [4.78, 5) is 7.26. The van der Waals surface area contributed by atoms with Crippen LogP contribution in [0.5, 0.6) is 5.88 Å². The van der Waals surface area contributed by atoms with E-state index in [2.05, 4.69) is 20.6 Å². The zero-order valence-electron chi connectivity index (χ0n) is 5.59. The molecule has 0 fully saturated rings. The third-order valence-electron chi connectivity index (χ3n) is 1.41. The van der Waals surface area contributed by atoms with Gasteiger partial charge in [0.25, 0.3) is 0 Å². The number of hydrogen-bond acceptors (Lipinski definition) is 6. The molecule has 0 atom stereocenters. The number of aromatic nitrogens is 2. The quantitative estimate of drug-likeness (QED) is 0.437. The number of nitrogens with one attached hydrogen (secondary N) is 2. The van der Waals surface area contributed by atoms with Gasteiger partial charge in [-0.05, 0) is 0 Å². The van der Waals surface area contributed by atoms with Gasteiger partial charge in [-0.2, -0.15) is 4.98 Å². The second-order valence-corrected chi connectivity index (χ2v) is 2.14. The Morgan fingerprint density at radius 1 is 1.36 bits per heavy atom. The van der Waals surface area contributed by atoms with E-state index in [9.17, 15) is 5.11 Å². The SMILES string of the molecule is Nc1nc([O-])c2c(n1)NCN2. The minimum absolute atomic E-state index is 0.00458. The van der Waals surface area contributed by atoms with Gasteiger partial charge in [0.15, 0.2) is 5.82 Å². The molecule has 1 aliphatic heterocycles. The number of rotatable bonds is 0. The van der Waals surface area contributed by atoms with Crippen LogP contribution in [0.15, 0.2) is 0 Å². The summed E-state index contributed by atoms with van der Waals surface area (Å²) in [5.41, 5.74) is 5.64. The van der Waals surface area contributed by atoms with Crippen molar-refractivity contribution in [2.24, 2.45) is 0 Å². The Bertz CT molecular complexity index is 299. The van der Waals surface area contributed by atoms with Crippen molar-refractivity contribution in [1.29, 1.82) is 0 Å². The predicted octanol–water partition coefficient (Wildman–Crippen LogP) is -1.07. The Labute approximate surface area is 62.5 Å². The molecule has 58 valence electrons. The van der Waals surface area contributed by atoms with Crippen molar-refractivity contribution in [2.75, 3.05) is 23.0 Å². The van der Waals surface area contributed by atoms with Gasteiger partial charge in [0.05, 0.1) is 12.4 Å². The van der Waals surface area contributed by atoms with Crippen molar-refractivity contribution in [3.8, 4) is 5.88 Å². The number of hydrogen-bond donors (Lipinski definition) is 3. The van der Waals surface area contributed by atoms with Crippen molar-refractivity contribution in [2.45, 2.75) is 0 Å². The fourth-order valence-corrected chi connectivity index (χ4v) is 0.960. The molecule has 0 aliphatic carbocycles. The van der Waals surface area contributed by atoms with E-state index in [1.54, 1.807) is 0 Å². The van der Waals surface area contributed by atoms with Crippen molar-refractivity contribution in [3.05, 3.63) is 0 Å². The number of anilines is 3. The lowest BCUT2D eigenvalue weighted by atomic mass is 10.5. The van der Waals surface area contributed by atoms with E-state index in [1.807, 2.05) is 0 Å². The molecule has 4 N–H and O–H groups in total. The number of nitrogen functional groups attached to an aromatic ring is 1. The van der Waals surface area contributed by atoms with Crippen LogP contribution in [0.4, 0.5) is 17.5 Å². The Kier molecular flexibility index (Phi) is 1.03. The van der Waals surface area contributed by atoms with Gasteiger partial charge in [-0.25, -0.2) is 4.98 Å². The fourth-order valence-electron chi connectivity index (χ4n) is 0.960. The molecule has 1 aromatic rings. The van der Waals surface area contributed by atoms with Gasteiger partial charge in [0.2, 0.25) is 5.95 Å². The second-order valence-electron chi connectivity index (χ2n) is 2.14. The molecule has 2 rings (SSSR count). The van der Waals surface area contributed by atoms with Crippen LogP contribution in [-0.4, -0.2) is 16.6 Å². The van der Waals surface area contributed by atoms with Gasteiger partial charge in [-0.3, -0.25) is 0 Å². The first-order valence-corrected chi connectivity index (χ1v) is 3.09. The van der Waals surface area contributed by atoms with Gasteiger partial charge in [0.1, 0.15) is 0 Å². The molecule has 0 spiro atoms. The largest absolute Gasteiger partial charge is 0.857 e. The molecule has 6 nitrogen and oxygen atoms in total. The zero-order chi connectivity index (χ0) is 7.84. The van der Waals surface area contributed by atoms with Gasteiger partial charge >= 0.3 is 0 Å². The number of nitrogens with two attached hydrogens (primary N) is 1. The van der Waals surface area contributed by atoms with E-state index in [4.69, 9.17) is 5.73 Å². The van der Waals surface area contributed by atoms with Gasteiger partial charge in [-0.15, -0.1) is 0 Å². The van der Waals surface area contributed by atoms with Gasteiger partial charge in [-0.1, -0.05) is 0 Å². The van der Waals surface area contributed by atoms with Crippen LogP contribution in [0.1, 0.15) is 0 Å². The third-order valence-corrected chi connectivity index (χ3v) is 1.41. The summed E-state index contributed by atoms with van der Waals surface area (Å²) in [7, 11) is 0. The first kappa shape index (κ1) is 6.02. The maximum absolute atomic E-state index is 11.0. The molecule has 0 saturated heterocycles. The average Bonchev–Trinajstić information content (AvgIpc) is 2.34. The maximum Gasteiger partial charge on any atom is 0.221 e. The predicted molar refractivity (Wildman–Crippen MR) is 38.0 cm³/mol. The molecule has 6 heteroatoms. The summed E-state index contributed by atoms with van der Waals surface area (Å²) in [6.45, 7) is 0.503. The van der Waals surface area contributed by atoms with E-state index in [0.29, 0.717) is 18.2 Å². The molecule has 11 heavy (non-hydrogen) atoms. The molecule has 1 aromatic heterocycles. The molecule has 2 heterocycles. The minimum Gasteiger partial charge on any atom is -0.857 e. The van der Waals surface area contributed by atoms with E-state index >= 15 is 0 Å². The Balaban J connectivity index is 2.60. The summed E-state index contributed by atoms with van der Waals surface area (Å²) in [6.07, 6.45) is 0. The normalized spacial score (nSPS) is 13.5. The molecular formula is C5H6N5O-. The van der Waals surface area contributed by atoms with Crippen molar-refractivity contribution in [3.63, 3.8) is 0 Å². The highest BCUT2D eigenvalue weighted by molar-refractivity contribution is 5.74. The van der Waals surface area contributed by atoms with Crippen LogP contribution in [0.2, 0.25) is 0 Å². The Morgan fingerprint density at radius 2 is 2.18 bits per heavy atom. The van der Waals surface area contributed by atoms with Crippen LogP contribution in [0.25, 0.3) is 0 Å². The van der Waals surface area contributed by atoms with E-state index in [0.717, 1.165) is 0 Å². The minimum atomic E-state index is -0.363.